The fraction of sp³-hybridized carbons (Fsp3) is 0.438. The average molecular weight is 557 g/mol. The van der Waals surface area contributed by atoms with Crippen LogP contribution >= 0.6 is 0 Å². The highest BCUT2D eigenvalue weighted by Crippen LogP contribution is 2.19. The minimum absolute atomic E-state index is 0.201. The van der Waals surface area contributed by atoms with Crippen LogP contribution in [0, 0.1) is 5.92 Å². The summed E-state index contributed by atoms with van der Waals surface area (Å²) in [6, 6.07) is 15.1. The number of carbonyl (C=O) groups excluding carboxylic acids is 2. The highest BCUT2D eigenvalue weighted by Gasteiger charge is 2.23. The summed E-state index contributed by atoms with van der Waals surface area (Å²) in [4.78, 5) is 40.3. The Morgan fingerprint density at radius 3 is 2.37 bits per heavy atom. The molecule has 2 aromatic heterocycles. The highest BCUT2D eigenvalue weighted by molar-refractivity contribution is 6.04. The fourth-order valence-electron chi connectivity index (χ4n) is 5.32. The molecule has 2 saturated heterocycles. The smallest absolute Gasteiger partial charge is 0.391 e. The maximum atomic E-state index is 12.7. The summed E-state index contributed by atoms with van der Waals surface area (Å²) >= 11 is 0. The largest absolute Gasteiger partial charge is 0.416 e. The van der Waals surface area contributed by atoms with Crippen molar-refractivity contribution in [1.29, 1.82) is 0 Å². The summed E-state index contributed by atoms with van der Waals surface area (Å²) in [5.74, 6) is 0.824. The summed E-state index contributed by atoms with van der Waals surface area (Å²) in [6.07, 6.45) is 9.37. The molecule has 0 radical (unpaired) electrons. The highest BCUT2D eigenvalue weighted by atomic mass is 16.6. The summed E-state index contributed by atoms with van der Waals surface area (Å²) in [5, 5.41) is 2.87. The Morgan fingerprint density at radius 2 is 1.68 bits per heavy atom. The van der Waals surface area contributed by atoms with Gasteiger partial charge in [0, 0.05) is 56.7 Å². The van der Waals surface area contributed by atoms with E-state index in [-0.39, 0.29) is 11.8 Å². The molecule has 0 atom stereocenters. The predicted octanol–water partition coefficient (Wildman–Crippen LogP) is 4.71. The Balaban J connectivity index is 1.02. The zero-order valence-corrected chi connectivity index (χ0v) is 23.9. The third-order valence-corrected chi connectivity index (χ3v) is 7.98. The first kappa shape index (κ1) is 28.7. The van der Waals surface area contributed by atoms with Gasteiger partial charge in [-0.25, -0.2) is 9.78 Å². The van der Waals surface area contributed by atoms with Crippen molar-refractivity contribution >= 4 is 17.7 Å². The van der Waals surface area contributed by atoms with Crippen LogP contribution in [0.5, 0.6) is 5.88 Å². The monoisotopic (exact) mass is 556 g/mol. The first-order valence-electron chi connectivity index (χ1n) is 14.7. The molecule has 0 bridgehead atoms. The van der Waals surface area contributed by atoms with Gasteiger partial charge in [-0.05, 0) is 86.6 Å². The van der Waals surface area contributed by atoms with Crippen molar-refractivity contribution in [3.8, 4) is 5.88 Å². The molecular formula is C32H40N6O3. The lowest BCUT2D eigenvalue weighted by Gasteiger charge is -2.33. The van der Waals surface area contributed by atoms with Gasteiger partial charge in [0.2, 0.25) is 5.88 Å². The van der Waals surface area contributed by atoms with Crippen molar-refractivity contribution in [3.63, 3.8) is 0 Å². The van der Waals surface area contributed by atoms with Gasteiger partial charge in [-0.3, -0.25) is 19.6 Å². The van der Waals surface area contributed by atoms with Crippen molar-refractivity contribution in [3.05, 3.63) is 83.8 Å². The second-order valence-corrected chi connectivity index (χ2v) is 11.2. The summed E-state index contributed by atoms with van der Waals surface area (Å²) in [6.45, 7) is 9.37. The molecule has 2 aliphatic heterocycles. The lowest BCUT2D eigenvalue weighted by Crippen LogP contribution is -2.49. The van der Waals surface area contributed by atoms with Crippen LogP contribution in [0.25, 0.3) is 0 Å². The molecule has 2 amide bonds. The molecule has 9 nitrogen and oxygen atoms in total. The maximum Gasteiger partial charge on any atom is 0.416 e. The van der Waals surface area contributed by atoms with Crippen molar-refractivity contribution in [2.45, 2.75) is 39.2 Å². The van der Waals surface area contributed by atoms with E-state index in [9.17, 15) is 9.59 Å². The van der Waals surface area contributed by atoms with Crippen molar-refractivity contribution in [1.82, 2.24) is 24.7 Å². The number of nitrogens with zero attached hydrogens (tertiary/aromatic N) is 5. The predicted molar refractivity (Wildman–Crippen MR) is 159 cm³/mol. The van der Waals surface area contributed by atoms with Gasteiger partial charge in [-0.1, -0.05) is 25.1 Å². The summed E-state index contributed by atoms with van der Waals surface area (Å²) < 4.78 is 5.49. The third-order valence-electron chi connectivity index (χ3n) is 7.98. The van der Waals surface area contributed by atoms with Gasteiger partial charge in [-0.2, -0.15) is 0 Å². The van der Waals surface area contributed by atoms with E-state index >= 15 is 0 Å². The quantitative estimate of drug-likeness (QED) is 0.408. The molecule has 216 valence electrons. The van der Waals surface area contributed by atoms with E-state index in [0.29, 0.717) is 24.3 Å². The second kappa shape index (κ2) is 14.2. The lowest BCUT2D eigenvalue weighted by molar-refractivity contribution is 0.102. The molecule has 0 saturated carbocycles. The Morgan fingerprint density at radius 1 is 0.902 bits per heavy atom. The van der Waals surface area contributed by atoms with Crippen LogP contribution in [-0.2, 0) is 13.0 Å². The van der Waals surface area contributed by atoms with E-state index in [2.05, 4.69) is 38.1 Å². The van der Waals surface area contributed by atoms with Gasteiger partial charge >= 0.3 is 6.09 Å². The van der Waals surface area contributed by atoms with Crippen molar-refractivity contribution in [2.24, 2.45) is 5.92 Å². The normalized spacial score (nSPS) is 16.9. The molecule has 0 unspecified atom stereocenters. The summed E-state index contributed by atoms with van der Waals surface area (Å²) in [5.41, 5.74) is 3.60. The van der Waals surface area contributed by atoms with Gasteiger partial charge in [0.1, 0.15) is 0 Å². The molecular weight excluding hydrogens is 516 g/mol. The van der Waals surface area contributed by atoms with E-state index < -0.39 is 6.09 Å². The standard InChI is InChI=1S/C32H40N6O3/c1-25-12-16-37(17-13-25)24-27-6-8-28(9-7-27)31(39)35-29-10-11-30(34-23-29)41-32(40)38-20-18-36(19-21-38)15-3-5-26-4-2-14-33-22-26/h2,4,6-11,14,22-23,25H,3,5,12-13,15-21,24H2,1H3,(H,35,39). The minimum Gasteiger partial charge on any atom is -0.391 e. The number of carbonyl (C=O) groups is 2. The SMILES string of the molecule is CC1CCN(Cc2ccc(C(=O)Nc3ccc(OC(=O)N4CCN(CCCc5cccnc5)CC4)nc3)cc2)CC1. The number of hydrogen-bond acceptors (Lipinski definition) is 7. The number of anilines is 1. The van der Waals surface area contributed by atoms with Gasteiger partial charge < -0.3 is 15.0 Å². The molecule has 9 heteroatoms. The number of aromatic nitrogens is 2. The molecule has 2 fully saturated rings. The average Bonchev–Trinajstić information content (AvgIpc) is 3.00. The van der Waals surface area contributed by atoms with Gasteiger partial charge in [0.25, 0.3) is 5.91 Å². The first-order chi connectivity index (χ1) is 20.0. The van der Waals surface area contributed by atoms with Crippen LogP contribution in [0.1, 0.15) is 47.7 Å². The molecule has 1 N–H and O–H groups in total. The number of amides is 2. The Hall–Kier alpha value is -3.82. The Kier molecular flexibility index (Phi) is 9.93. The number of piperazine rings is 1. The van der Waals surface area contributed by atoms with Gasteiger partial charge in [0.15, 0.2) is 0 Å². The van der Waals surface area contributed by atoms with E-state index in [0.717, 1.165) is 58.0 Å². The van der Waals surface area contributed by atoms with Crippen molar-refractivity contribution in [2.75, 3.05) is 51.1 Å². The molecule has 41 heavy (non-hydrogen) atoms. The number of benzene rings is 1. The number of aryl methyl sites for hydroxylation is 1. The third kappa shape index (κ3) is 8.58. The van der Waals surface area contributed by atoms with Gasteiger partial charge in [0.05, 0.1) is 11.9 Å². The van der Waals surface area contributed by atoms with Crippen molar-refractivity contribution < 1.29 is 14.3 Å². The molecule has 0 spiro atoms. The zero-order valence-electron chi connectivity index (χ0n) is 23.9. The van der Waals surface area contributed by atoms with Crippen LogP contribution in [0.2, 0.25) is 0 Å². The molecule has 4 heterocycles. The fourth-order valence-corrected chi connectivity index (χ4v) is 5.32. The van der Waals surface area contributed by atoms with Crippen LogP contribution in [0.3, 0.4) is 0 Å². The van der Waals surface area contributed by atoms with Crippen LogP contribution in [0.15, 0.2) is 67.1 Å². The van der Waals surface area contributed by atoms with E-state index in [1.807, 2.05) is 36.5 Å². The van der Waals surface area contributed by atoms with E-state index in [1.165, 1.54) is 30.2 Å². The molecule has 3 aromatic rings. The Bertz CT molecular complexity index is 1250. The number of hydrogen-bond donors (Lipinski definition) is 1. The van der Waals surface area contributed by atoms with E-state index in [1.54, 1.807) is 23.2 Å². The number of pyridine rings is 2. The minimum atomic E-state index is -0.400. The molecule has 5 rings (SSSR count). The number of ether oxygens (including phenoxy) is 1. The number of likely N-dealkylation sites (tertiary alicyclic amines) is 1. The van der Waals surface area contributed by atoms with Gasteiger partial charge in [-0.15, -0.1) is 0 Å². The Labute approximate surface area is 242 Å². The topological polar surface area (TPSA) is 90.9 Å². The van der Waals surface area contributed by atoms with E-state index in [4.69, 9.17) is 4.74 Å². The molecule has 2 aliphatic rings. The molecule has 1 aromatic carbocycles. The number of rotatable bonds is 9. The number of piperidine rings is 1. The van der Waals surface area contributed by atoms with Crippen LogP contribution in [-0.4, -0.2) is 82.5 Å². The number of nitrogens with one attached hydrogen (secondary N) is 1. The maximum absolute atomic E-state index is 12.7. The van der Waals surface area contributed by atoms with Crippen LogP contribution in [0.4, 0.5) is 10.5 Å². The molecule has 0 aliphatic carbocycles. The summed E-state index contributed by atoms with van der Waals surface area (Å²) in [7, 11) is 0. The second-order valence-electron chi connectivity index (χ2n) is 11.2. The van der Waals surface area contributed by atoms with Crippen LogP contribution < -0.4 is 10.1 Å². The first-order valence-corrected chi connectivity index (χ1v) is 14.7. The lowest BCUT2D eigenvalue weighted by atomic mass is 9.99. The zero-order chi connectivity index (χ0) is 28.4.